The molecule has 0 aromatic heterocycles. The smallest absolute Gasteiger partial charge is 0.211 e. The minimum Gasteiger partial charge on any atom is -0.211 e. The molecule has 0 heterocycles. The molecule has 0 unspecified atom stereocenters. The van der Waals surface area contributed by atoms with Crippen molar-refractivity contribution in [3.05, 3.63) is 0 Å². The molecule has 6 heavy (non-hydrogen) atoms. The number of hydrogen-bond acceptors (Lipinski definition) is 2. The van der Waals surface area contributed by atoms with E-state index >= 15 is 0 Å². The fourth-order valence-corrected chi connectivity index (χ4v) is 0.329. The summed E-state index contributed by atoms with van der Waals surface area (Å²) in [5.74, 6) is 0. The summed E-state index contributed by atoms with van der Waals surface area (Å²) in [6.45, 7) is 0.601. The number of hydrogen-bond donors (Lipinski definition) is 0. The van der Waals surface area contributed by atoms with Crippen molar-refractivity contribution in [2.45, 2.75) is 0 Å². The van der Waals surface area contributed by atoms with Crippen LogP contribution in [0, 0.1) is 0 Å². The predicted octanol–water partition coefficient (Wildman–Crippen LogP) is 0.757. The maximum Gasteiger partial charge on any atom is 0.234 e. The van der Waals surface area contributed by atoms with Crippen LogP contribution < -0.4 is 0 Å². The van der Waals surface area contributed by atoms with Crippen LogP contribution in [-0.2, 0) is 4.79 Å². The molecule has 0 spiro atoms. The zero-order chi connectivity index (χ0) is 4.83. The van der Waals surface area contributed by atoms with Crippen molar-refractivity contribution >= 4 is 28.7 Å². The third-order valence-corrected chi connectivity index (χ3v) is 0.743. The normalized spacial score (nSPS) is 6.83. The Kier molecular flexibility index (Phi) is 5.20. The van der Waals surface area contributed by atoms with Crippen molar-refractivity contribution < 1.29 is 4.79 Å². The van der Waals surface area contributed by atoms with Gasteiger partial charge in [0.1, 0.15) is 0 Å². The van der Waals surface area contributed by atoms with Crippen LogP contribution in [0.2, 0.25) is 0 Å². The van der Waals surface area contributed by atoms with Gasteiger partial charge in [-0.3, -0.25) is 0 Å². The van der Waals surface area contributed by atoms with Crippen LogP contribution in [0.4, 0.5) is 0 Å². The summed E-state index contributed by atoms with van der Waals surface area (Å²) in [5, 5.41) is 0. The van der Waals surface area contributed by atoms with Crippen molar-refractivity contribution in [2.75, 3.05) is 11.0 Å². The van der Waals surface area contributed by atoms with Crippen molar-refractivity contribution in [3.8, 4) is 0 Å². The van der Waals surface area contributed by atoms with Crippen LogP contribution in [0.5, 0.6) is 0 Å². The van der Waals surface area contributed by atoms with E-state index in [1.54, 1.807) is 0 Å². The first-order valence-electron chi connectivity index (χ1n) is 1.51. The van der Waals surface area contributed by atoms with Crippen molar-refractivity contribution in [3.63, 3.8) is 0 Å². The zero-order valence-electron chi connectivity index (χ0n) is 3.15. The van der Waals surface area contributed by atoms with Crippen LogP contribution in [0.3, 0.4) is 0 Å². The molecule has 0 aromatic carbocycles. The van der Waals surface area contributed by atoms with E-state index in [0.29, 0.717) is 6.54 Å². The molecular formula is C3H4INO. The second-order valence-electron chi connectivity index (χ2n) is 0.662. The summed E-state index contributed by atoms with van der Waals surface area (Å²) in [4.78, 5) is 12.5. The standard InChI is InChI=1S/C3H4INO/c4-1-2-5-3-6/h1-2H2. The summed E-state index contributed by atoms with van der Waals surface area (Å²) < 4.78 is 0.896. The van der Waals surface area contributed by atoms with Crippen LogP contribution in [-0.4, -0.2) is 17.1 Å². The molecule has 0 saturated heterocycles. The molecule has 0 bridgehead atoms. The molecule has 34 valence electrons. The van der Waals surface area contributed by atoms with Crippen molar-refractivity contribution in [1.29, 1.82) is 0 Å². The molecule has 0 aliphatic heterocycles. The Morgan fingerprint density at radius 2 is 2.50 bits per heavy atom. The molecule has 0 radical (unpaired) electrons. The van der Waals surface area contributed by atoms with Gasteiger partial charge in [0.15, 0.2) is 0 Å². The average molecular weight is 197 g/mol. The maximum absolute atomic E-state index is 9.27. The third-order valence-electron chi connectivity index (χ3n) is 0.261. The van der Waals surface area contributed by atoms with E-state index in [1.165, 1.54) is 6.08 Å². The molecule has 0 fully saturated rings. The summed E-state index contributed by atoms with van der Waals surface area (Å²) >= 11 is 2.14. The minimum absolute atomic E-state index is 0.601. The Labute approximate surface area is 49.8 Å². The molecule has 0 amide bonds. The lowest BCUT2D eigenvalue weighted by molar-refractivity contribution is 0.563. The summed E-state index contributed by atoms with van der Waals surface area (Å²) in [7, 11) is 0. The van der Waals surface area contributed by atoms with Crippen molar-refractivity contribution in [1.82, 2.24) is 0 Å². The monoisotopic (exact) mass is 197 g/mol. The summed E-state index contributed by atoms with van der Waals surface area (Å²) in [5.41, 5.74) is 0. The highest BCUT2D eigenvalue weighted by Crippen LogP contribution is 1.77. The first-order chi connectivity index (χ1) is 2.91. The number of nitrogens with zero attached hydrogens (tertiary/aromatic N) is 1. The van der Waals surface area contributed by atoms with Gasteiger partial charge >= 0.3 is 0 Å². The topological polar surface area (TPSA) is 29.4 Å². The van der Waals surface area contributed by atoms with E-state index in [9.17, 15) is 4.79 Å². The Morgan fingerprint density at radius 1 is 1.83 bits per heavy atom. The molecule has 3 heteroatoms. The summed E-state index contributed by atoms with van der Waals surface area (Å²) in [6, 6.07) is 0. The number of rotatable bonds is 2. The van der Waals surface area contributed by atoms with Crippen LogP contribution in [0.1, 0.15) is 0 Å². The van der Waals surface area contributed by atoms with Crippen LogP contribution in [0.25, 0.3) is 0 Å². The van der Waals surface area contributed by atoms with Gasteiger partial charge in [-0.1, -0.05) is 22.6 Å². The molecule has 0 aromatic rings. The highest BCUT2D eigenvalue weighted by Gasteiger charge is 1.67. The van der Waals surface area contributed by atoms with E-state index in [-0.39, 0.29) is 0 Å². The average Bonchev–Trinajstić information content (AvgIpc) is 1.61. The van der Waals surface area contributed by atoms with Gasteiger partial charge in [0, 0.05) is 4.43 Å². The SMILES string of the molecule is O=C=NCCI. The number of aliphatic imine (C=N–C) groups is 1. The molecule has 0 atom stereocenters. The molecule has 0 rings (SSSR count). The first kappa shape index (κ1) is 6.11. The van der Waals surface area contributed by atoms with E-state index in [2.05, 4.69) is 27.6 Å². The number of alkyl halides is 1. The van der Waals surface area contributed by atoms with Crippen molar-refractivity contribution in [2.24, 2.45) is 4.99 Å². The number of isocyanates is 1. The van der Waals surface area contributed by atoms with E-state index in [1.807, 2.05) is 0 Å². The molecule has 0 aliphatic rings. The van der Waals surface area contributed by atoms with Crippen LogP contribution in [0.15, 0.2) is 4.99 Å². The summed E-state index contributed by atoms with van der Waals surface area (Å²) in [6.07, 6.45) is 1.44. The highest BCUT2D eigenvalue weighted by molar-refractivity contribution is 14.1. The van der Waals surface area contributed by atoms with Gasteiger partial charge in [0.05, 0.1) is 6.54 Å². The lowest BCUT2D eigenvalue weighted by Crippen LogP contribution is -1.74. The molecule has 0 saturated carbocycles. The van der Waals surface area contributed by atoms with E-state index < -0.39 is 0 Å². The minimum atomic E-state index is 0.601. The lowest BCUT2D eigenvalue weighted by Gasteiger charge is -1.70. The largest absolute Gasteiger partial charge is 0.234 e. The lowest BCUT2D eigenvalue weighted by atomic mass is 10.8. The van der Waals surface area contributed by atoms with Gasteiger partial charge in [0.2, 0.25) is 6.08 Å². The molecule has 0 aliphatic carbocycles. The second-order valence-corrected chi connectivity index (χ2v) is 1.74. The highest BCUT2D eigenvalue weighted by atomic mass is 127. The Hall–Kier alpha value is 0.110. The van der Waals surface area contributed by atoms with Gasteiger partial charge in [-0.15, -0.1) is 0 Å². The fraction of sp³-hybridized carbons (Fsp3) is 0.667. The van der Waals surface area contributed by atoms with Crippen LogP contribution >= 0.6 is 22.6 Å². The quantitative estimate of drug-likeness (QED) is 0.278. The Balaban J connectivity index is 2.86. The molecule has 0 N–H and O–H groups in total. The maximum atomic E-state index is 9.27. The van der Waals surface area contributed by atoms with E-state index in [4.69, 9.17) is 0 Å². The van der Waals surface area contributed by atoms with Gasteiger partial charge in [-0.25, -0.2) is 9.79 Å². The van der Waals surface area contributed by atoms with Gasteiger partial charge in [-0.05, 0) is 0 Å². The first-order valence-corrected chi connectivity index (χ1v) is 3.04. The van der Waals surface area contributed by atoms with Gasteiger partial charge in [0.25, 0.3) is 0 Å². The Bertz CT molecular complexity index is 67.2. The molecule has 2 nitrogen and oxygen atoms in total. The zero-order valence-corrected chi connectivity index (χ0v) is 5.31. The molecular weight excluding hydrogens is 193 g/mol. The van der Waals surface area contributed by atoms with E-state index in [0.717, 1.165) is 4.43 Å². The second kappa shape index (κ2) is 5.11. The number of halogens is 1. The number of carbonyl (C=O) groups excluding carboxylic acids is 1. The third kappa shape index (κ3) is 4.11. The van der Waals surface area contributed by atoms with Gasteiger partial charge < -0.3 is 0 Å². The predicted molar refractivity (Wildman–Crippen MR) is 31.9 cm³/mol. The fourth-order valence-electron chi connectivity index (χ4n) is 0.0879. The Morgan fingerprint density at radius 3 is 2.67 bits per heavy atom. The van der Waals surface area contributed by atoms with Gasteiger partial charge in [-0.2, -0.15) is 0 Å².